The van der Waals surface area contributed by atoms with Crippen molar-refractivity contribution < 1.29 is 18.8 Å². The molecular formula is C22H15N3O4S. The van der Waals surface area contributed by atoms with E-state index in [0.717, 1.165) is 5.39 Å². The summed E-state index contributed by atoms with van der Waals surface area (Å²) in [7, 11) is 0. The SMILES string of the molecule is O=C(Nc1cc2ccccc2o1)c1nc(CCN2C(=O)c3ccccc3C2=O)cs1. The van der Waals surface area contributed by atoms with Crippen LogP contribution in [0.1, 0.15) is 36.2 Å². The second-order valence-electron chi connectivity index (χ2n) is 6.80. The fraction of sp³-hybridized carbons (Fsp3) is 0.0909. The zero-order chi connectivity index (χ0) is 20.7. The number of aromatic nitrogens is 1. The van der Waals surface area contributed by atoms with E-state index in [1.807, 2.05) is 24.3 Å². The van der Waals surface area contributed by atoms with Crippen molar-refractivity contribution in [3.8, 4) is 0 Å². The maximum Gasteiger partial charge on any atom is 0.286 e. The van der Waals surface area contributed by atoms with Gasteiger partial charge in [-0.15, -0.1) is 11.3 Å². The minimum atomic E-state index is -0.369. The standard InChI is InChI=1S/C22H15N3O4S/c26-19(24-18-11-13-5-1-4-8-17(13)29-18)20-23-14(12-30-20)9-10-25-21(27)15-6-2-3-7-16(15)22(25)28/h1-8,11-12H,9-10H2,(H,24,26). The molecule has 0 saturated heterocycles. The molecule has 0 aliphatic carbocycles. The molecule has 0 fully saturated rings. The first-order valence-electron chi connectivity index (χ1n) is 9.30. The van der Waals surface area contributed by atoms with Crippen LogP contribution in [0.4, 0.5) is 5.88 Å². The molecule has 0 saturated carbocycles. The summed E-state index contributed by atoms with van der Waals surface area (Å²) in [5.41, 5.74) is 2.18. The van der Waals surface area contributed by atoms with E-state index in [1.165, 1.54) is 16.2 Å². The third-order valence-corrected chi connectivity index (χ3v) is 5.77. The van der Waals surface area contributed by atoms with E-state index in [-0.39, 0.29) is 29.3 Å². The Hall–Kier alpha value is -3.78. The van der Waals surface area contributed by atoms with Crippen molar-refractivity contribution in [2.45, 2.75) is 6.42 Å². The monoisotopic (exact) mass is 417 g/mol. The second-order valence-corrected chi connectivity index (χ2v) is 7.66. The highest BCUT2D eigenvalue weighted by molar-refractivity contribution is 7.11. The number of carbonyl (C=O) groups excluding carboxylic acids is 3. The summed E-state index contributed by atoms with van der Waals surface area (Å²) in [5, 5.41) is 5.65. The van der Waals surface area contributed by atoms with Gasteiger partial charge in [-0.2, -0.15) is 0 Å². The molecule has 1 aliphatic heterocycles. The van der Waals surface area contributed by atoms with Gasteiger partial charge in [0.15, 0.2) is 5.01 Å². The highest BCUT2D eigenvalue weighted by Gasteiger charge is 2.34. The lowest BCUT2D eigenvalue weighted by molar-refractivity contribution is 0.0655. The molecule has 0 spiro atoms. The van der Waals surface area contributed by atoms with E-state index in [1.54, 1.807) is 35.7 Å². The molecule has 3 heterocycles. The van der Waals surface area contributed by atoms with Crippen molar-refractivity contribution in [1.82, 2.24) is 9.88 Å². The third-order valence-electron chi connectivity index (χ3n) is 4.88. The lowest BCUT2D eigenvalue weighted by atomic mass is 10.1. The van der Waals surface area contributed by atoms with Crippen molar-refractivity contribution in [3.05, 3.63) is 81.8 Å². The molecule has 8 heteroatoms. The third kappa shape index (κ3) is 3.17. The van der Waals surface area contributed by atoms with E-state index < -0.39 is 0 Å². The number of nitrogens with zero attached hydrogens (tertiary/aromatic N) is 2. The molecule has 0 bridgehead atoms. The number of benzene rings is 2. The number of nitrogens with one attached hydrogen (secondary N) is 1. The zero-order valence-electron chi connectivity index (χ0n) is 15.6. The lowest BCUT2D eigenvalue weighted by Gasteiger charge is -2.12. The van der Waals surface area contributed by atoms with Gasteiger partial charge < -0.3 is 4.42 Å². The first-order valence-corrected chi connectivity index (χ1v) is 10.2. The van der Waals surface area contributed by atoms with Gasteiger partial charge in [0, 0.05) is 29.8 Å². The molecule has 3 amide bonds. The summed E-state index contributed by atoms with van der Waals surface area (Å²) in [4.78, 5) is 42.9. The first-order chi connectivity index (χ1) is 14.6. The Morgan fingerprint density at radius 1 is 1.03 bits per heavy atom. The number of fused-ring (bicyclic) bond motifs is 2. The highest BCUT2D eigenvalue weighted by Crippen LogP contribution is 2.24. The van der Waals surface area contributed by atoms with Gasteiger partial charge in [-0.3, -0.25) is 24.6 Å². The Balaban J connectivity index is 1.24. The predicted molar refractivity (Wildman–Crippen MR) is 112 cm³/mol. The normalized spacial score (nSPS) is 13.1. The summed E-state index contributed by atoms with van der Waals surface area (Å²) in [6, 6.07) is 16.0. The van der Waals surface area contributed by atoms with Crippen LogP contribution in [0.25, 0.3) is 11.0 Å². The van der Waals surface area contributed by atoms with Crippen LogP contribution in [0.2, 0.25) is 0 Å². The number of thiazole rings is 1. The van der Waals surface area contributed by atoms with Gasteiger partial charge in [-0.25, -0.2) is 4.98 Å². The average molecular weight is 417 g/mol. The van der Waals surface area contributed by atoms with Gasteiger partial charge in [-0.05, 0) is 18.2 Å². The number of rotatable bonds is 5. The van der Waals surface area contributed by atoms with Gasteiger partial charge in [0.05, 0.1) is 16.8 Å². The molecule has 30 heavy (non-hydrogen) atoms. The lowest BCUT2D eigenvalue weighted by Crippen LogP contribution is -2.31. The van der Waals surface area contributed by atoms with Crippen LogP contribution in [-0.2, 0) is 6.42 Å². The Kier molecular flexibility index (Phi) is 4.40. The van der Waals surface area contributed by atoms with E-state index in [0.29, 0.717) is 34.7 Å². The number of hydrogen-bond donors (Lipinski definition) is 1. The molecule has 7 nitrogen and oxygen atoms in total. The maximum absolute atomic E-state index is 12.5. The molecule has 2 aromatic carbocycles. The molecule has 4 aromatic rings. The van der Waals surface area contributed by atoms with Crippen LogP contribution in [-0.4, -0.2) is 34.2 Å². The van der Waals surface area contributed by atoms with Crippen LogP contribution < -0.4 is 5.32 Å². The zero-order valence-corrected chi connectivity index (χ0v) is 16.4. The molecule has 1 aliphatic rings. The number of amides is 3. The van der Waals surface area contributed by atoms with E-state index in [2.05, 4.69) is 10.3 Å². The van der Waals surface area contributed by atoms with Crippen molar-refractivity contribution in [2.75, 3.05) is 11.9 Å². The fourth-order valence-corrected chi connectivity index (χ4v) is 4.15. The number of furan rings is 1. The summed E-state index contributed by atoms with van der Waals surface area (Å²) >= 11 is 1.20. The number of anilines is 1. The molecule has 0 unspecified atom stereocenters. The van der Waals surface area contributed by atoms with Crippen LogP contribution in [0.3, 0.4) is 0 Å². The van der Waals surface area contributed by atoms with Crippen molar-refractivity contribution in [1.29, 1.82) is 0 Å². The smallest absolute Gasteiger partial charge is 0.286 e. The predicted octanol–water partition coefficient (Wildman–Crippen LogP) is 3.98. The Morgan fingerprint density at radius 3 is 2.47 bits per heavy atom. The molecule has 0 radical (unpaired) electrons. The summed E-state index contributed by atoms with van der Waals surface area (Å²) in [6.07, 6.45) is 0.375. The quantitative estimate of drug-likeness (QED) is 0.496. The number of hydrogen-bond acceptors (Lipinski definition) is 6. The number of imide groups is 1. The minimum absolute atomic E-state index is 0.209. The molecule has 2 aromatic heterocycles. The summed E-state index contributed by atoms with van der Waals surface area (Å²) < 4.78 is 5.60. The van der Waals surface area contributed by atoms with Crippen molar-refractivity contribution in [3.63, 3.8) is 0 Å². The molecular weight excluding hydrogens is 402 g/mol. The van der Waals surface area contributed by atoms with Crippen molar-refractivity contribution in [2.24, 2.45) is 0 Å². The van der Waals surface area contributed by atoms with Gasteiger partial charge >= 0.3 is 0 Å². The Labute approximate surface area is 174 Å². The van der Waals surface area contributed by atoms with Gasteiger partial charge in [0.2, 0.25) is 5.88 Å². The molecule has 5 rings (SSSR count). The molecule has 0 atom stereocenters. The maximum atomic E-state index is 12.5. The van der Waals surface area contributed by atoms with E-state index >= 15 is 0 Å². The first kappa shape index (κ1) is 18.3. The Bertz CT molecular complexity index is 1240. The topological polar surface area (TPSA) is 92.5 Å². The van der Waals surface area contributed by atoms with Crippen LogP contribution >= 0.6 is 11.3 Å². The van der Waals surface area contributed by atoms with Gasteiger partial charge in [0.25, 0.3) is 17.7 Å². The van der Waals surface area contributed by atoms with Crippen LogP contribution in [0.5, 0.6) is 0 Å². The van der Waals surface area contributed by atoms with Crippen LogP contribution in [0.15, 0.2) is 64.4 Å². The summed E-state index contributed by atoms with van der Waals surface area (Å²) in [5.74, 6) is -0.614. The second kappa shape index (κ2) is 7.23. The van der Waals surface area contributed by atoms with E-state index in [4.69, 9.17) is 4.42 Å². The molecule has 1 N–H and O–H groups in total. The average Bonchev–Trinajstić information content (AvgIpc) is 3.44. The molecule has 148 valence electrons. The number of carbonyl (C=O) groups is 3. The largest absolute Gasteiger partial charge is 0.440 e. The Morgan fingerprint density at radius 2 is 1.73 bits per heavy atom. The fourth-order valence-electron chi connectivity index (χ4n) is 3.40. The van der Waals surface area contributed by atoms with Gasteiger partial charge in [-0.1, -0.05) is 30.3 Å². The van der Waals surface area contributed by atoms with Crippen molar-refractivity contribution >= 4 is 45.9 Å². The summed E-state index contributed by atoms with van der Waals surface area (Å²) in [6.45, 7) is 0.209. The van der Waals surface area contributed by atoms with Gasteiger partial charge in [0.1, 0.15) is 5.58 Å². The van der Waals surface area contributed by atoms with Crippen LogP contribution in [0, 0.1) is 0 Å². The number of para-hydroxylation sites is 1. The minimum Gasteiger partial charge on any atom is -0.440 e. The highest BCUT2D eigenvalue weighted by atomic mass is 32.1. The van der Waals surface area contributed by atoms with E-state index in [9.17, 15) is 14.4 Å².